The van der Waals surface area contributed by atoms with Crippen LogP contribution in [0.15, 0.2) is 18.3 Å². The number of aryl methyl sites for hydroxylation is 2. The minimum Gasteiger partial charge on any atom is -0.481 e. The van der Waals surface area contributed by atoms with Crippen molar-refractivity contribution < 1.29 is 9.53 Å². The molecule has 0 aliphatic carbocycles. The first-order valence-corrected chi connectivity index (χ1v) is 6.39. The van der Waals surface area contributed by atoms with Gasteiger partial charge in [0, 0.05) is 30.7 Å². The Morgan fingerprint density at radius 1 is 1.19 bits per heavy atom. The van der Waals surface area contributed by atoms with Crippen molar-refractivity contribution in [1.29, 1.82) is 0 Å². The number of carbonyl (C=O) groups is 1. The number of ether oxygens (including phenoxy) is 1. The zero-order chi connectivity index (χ0) is 15.4. The lowest BCUT2D eigenvalue weighted by atomic mass is 10.2. The van der Waals surface area contributed by atoms with Gasteiger partial charge in [0.2, 0.25) is 11.8 Å². The molecule has 2 heterocycles. The molecule has 2 N–H and O–H groups in total. The molecule has 0 aliphatic heterocycles. The summed E-state index contributed by atoms with van der Waals surface area (Å²) in [6.45, 7) is 3.66. The van der Waals surface area contributed by atoms with Gasteiger partial charge in [-0.05, 0) is 19.9 Å². The molecule has 7 heteroatoms. The molecule has 2 rings (SSSR count). The average molecular weight is 287 g/mol. The maximum absolute atomic E-state index is 12.3. The van der Waals surface area contributed by atoms with Crippen LogP contribution >= 0.6 is 0 Å². The Balaban J connectivity index is 2.28. The minimum absolute atomic E-state index is 0.194. The minimum atomic E-state index is -0.334. The van der Waals surface area contributed by atoms with Crippen molar-refractivity contribution in [2.24, 2.45) is 0 Å². The van der Waals surface area contributed by atoms with Gasteiger partial charge in [0.25, 0.3) is 5.91 Å². The molecule has 0 spiro atoms. The summed E-state index contributed by atoms with van der Waals surface area (Å²) in [7, 11) is 3.26. The van der Waals surface area contributed by atoms with E-state index < -0.39 is 0 Å². The fourth-order valence-corrected chi connectivity index (χ4v) is 1.82. The summed E-state index contributed by atoms with van der Waals surface area (Å²) < 4.78 is 5.06. The standard InChI is InChI=1S/C14H17N5O2/c1-8-5-11(15-3)10(7-16-8)13(20)19-14-17-9(2)6-12(18-14)21-4/h5-7H,1-4H3,(H,15,16)(H,17,18,19,20). The smallest absolute Gasteiger partial charge is 0.261 e. The Kier molecular flexibility index (Phi) is 4.32. The van der Waals surface area contributed by atoms with Gasteiger partial charge in [0.15, 0.2) is 0 Å². The summed E-state index contributed by atoms with van der Waals surface area (Å²) in [5.41, 5.74) is 2.64. The van der Waals surface area contributed by atoms with Crippen molar-refractivity contribution in [2.75, 3.05) is 24.8 Å². The molecule has 0 unspecified atom stereocenters. The van der Waals surface area contributed by atoms with Gasteiger partial charge >= 0.3 is 0 Å². The molecule has 0 saturated heterocycles. The molecule has 0 aromatic carbocycles. The van der Waals surface area contributed by atoms with E-state index in [0.29, 0.717) is 22.8 Å². The molecule has 0 aliphatic rings. The second-order valence-electron chi connectivity index (χ2n) is 4.45. The fraction of sp³-hybridized carbons (Fsp3) is 0.286. The predicted octanol–water partition coefficient (Wildman–Crippen LogP) is 1.79. The highest BCUT2D eigenvalue weighted by Gasteiger charge is 2.14. The molecule has 1 amide bonds. The maximum Gasteiger partial charge on any atom is 0.261 e. The van der Waals surface area contributed by atoms with E-state index in [0.717, 1.165) is 5.69 Å². The van der Waals surface area contributed by atoms with E-state index in [1.807, 2.05) is 6.92 Å². The number of pyridine rings is 1. The number of carbonyl (C=O) groups excluding carboxylic acids is 1. The largest absolute Gasteiger partial charge is 0.481 e. The lowest BCUT2D eigenvalue weighted by Crippen LogP contribution is -2.17. The molecule has 0 radical (unpaired) electrons. The van der Waals surface area contributed by atoms with Crippen LogP contribution in [0.25, 0.3) is 0 Å². The predicted molar refractivity (Wildman–Crippen MR) is 79.8 cm³/mol. The van der Waals surface area contributed by atoms with Crippen LogP contribution in [0.5, 0.6) is 5.88 Å². The molecule has 21 heavy (non-hydrogen) atoms. The van der Waals surface area contributed by atoms with Crippen molar-refractivity contribution in [3.8, 4) is 5.88 Å². The van der Waals surface area contributed by atoms with Crippen molar-refractivity contribution in [3.63, 3.8) is 0 Å². The van der Waals surface area contributed by atoms with E-state index in [2.05, 4.69) is 25.6 Å². The number of hydrogen-bond donors (Lipinski definition) is 2. The zero-order valence-corrected chi connectivity index (χ0v) is 12.4. The molecule has 2 aromatic rings. The van der Waals surface area contributed by atoms with Crippen molar-refractivity contribution in [3.05, 3.63) is 35.3 Å². The molecule has 0 atom stereocenters. The topological polar surface area (TPSA) is 89.0 Å². The quantitative estimate of drug-likeness (QED) is 0.891. The number of methoxy groups -OCH3 is 1. The van der Waals surface area contributed by atoms with Crippen LogP contribution < -0.4 is 15.4 Å². The summed E-state index contributed by atoms with van der Waals surface area (Å²) in [5, 5.41) is 5.62. The van der Waals surface area contributed by atoms with Gasteiger partial charge in [-0.3, -0.25) is 15.1 Å². The molecule has 2 aromatic heterocycles. The average Bonchev–Trinajstić information content (AvgIpc) is 2.46. The second kappa shape index (κ2) is 6.17. The van der Waals surface area contributed by atoms with E-state index in [1.165, 1.54) is 13.3 Å². The third-order valence-corrected chi connectivity index (χ3v) is 2.82. The van der Waals surface area contributed by atoms with Gasteiger partial charge in [-0.15, -0.1) is 0 Å². The van der Waals surface area contributed by atoms with Crippen molar-refractivity contribution in [2.45, 2.75) is 13.8 Å². The van der Waals surface area contributed by atoms with Gasteiger partial charge in [0.05, 0.1) is 18.4 Å². The summed E-state index contributed by atoms with van der Waals surface area (Å²) in [5.74, 6) is 0.257. The van der Waals surface area contributed by atoms with E-state index in [-0.39, 0.29) is 11.9 Å². The Morgan fingerprint density at radius 3 is 2.62 bits per heavy atom. The number of aromatic nitrogens is 3. The van der Waals surface area contributed by atoms with Gasteiger partial charge in [-0.2, -0.15) is 4.98 Å². The molecule has 0 bridgehead atoms. The zero-order valence-electron chi connectivity index (χ0n) is 12.4. The third-order valence-electron chi connectivity index (χ3n) is 2.82. The molecular formula is C14H17N5O2. The van der Waals surface area contributed by atoms with E-state index >= 15 is 0 Å². The molecule has 0 saturated carbocycles. The first-order valence-electron chi connectivity index (χ1n) is 6.39. The Labute approximate surface area is 122 Å². The molecule has 0 fully saturated rings. The number of nitrogens with one attached hydrogen (secondary N) is 2. The van der Waals surface area contributed by atoms with E-state index in [1.54, 1.807) is 26.1 Å². The van der Waals surface area contributed by atoms with Crippen LogP contribution in [0, 0.1) is 13.8 Å². The van der Waals surface area contributed by atoms with Crippen LogP contribution in [0.2, 0.25) is 0 Å². The number of rotatable bonds is 4. The summed E-state index contributed by atoms with van der Waals surface area (Å²) in [6, 6.07) is 3.48. The highest BCUT2D eigenvalue weighted by Crippen LogP contribution is 2.17. The van der Waals surface area contributed by atoms with Gasteiger partial charge in [-0.25, -0.2) is 4.98 Å². The number of anilines is 2. The highest BCUT2D eigenvalue weighted by molar-refractivity contribution is 6.07. The number of amides is 1. The second-order valence-corrected chi connectivity index (χ2v) is 4.45. The van der Waals surface area contributed by atoms with Crippen molar-refractivity contribution in [1.82, 2.24) is 15.0 Å². The lowest BCUT2D eigenvalue weighted by molar-refractivity contribution is 0.102. The maximum atomic E-state index is 12.3. The SMILES string of the molecule is CNc1cc(C)ncc1C(=O)Nc1nc(C)cc(OC)n1. The normalized spacial score (nSPS) is 10.1. The lowest BCUT2D eigenvalue weighted by Gasteiger charge is -2.10. The van der Waals surface area contributed by atoms with Crippen molar-refractivity contribution >= 4 is 17.5 Å². The first-order chi connectivity index (χ1) is 10.0. The summed E-state index contributed by atoms with van der Waals surface area (Å²) in [4.78, 5) is 24.7. The Morgan fingerprint density at radius 2 is 1.95 bits per heavy atom. The van der Waals surface area contributed by atoms with Gasteiger partial charge in [-0.1, -0.05) is 0 Å². The number of hydrogen-bond acceptors (Lipinski definition) is 6. The molecule has 110 valence electrons. The van der Waals surface area contributed by atoms with Gasteiger partial charge < -0.3 is 10.1 Å². The number of nitrogens with zero attached hydrogens (tertiary/aromatic N) is 3. The van der Waals surface area contributed by atoms with Crippen LogP contribution in [0.1, 0.15) is 21.7 Å². The molecule has 7 nitrogen and oxygen atoms in total. The third kappa shape index (κ3) is 3.44. The Hall–Kier alpha value is -2.70. The van der Waals surface area contributed by atoms with E-state index in [9.17, 15) is 4.79 Å². The first kappa shape index (κ1) is 14.7. The van der Waals surface area contributed by atoms with Crippen LogP contribution in [-0.4, -0.2) is 35.0 Å². The van der Waals surface area contributed by atoms with Crippen LogP contribution in [-0.2, 0) is 0 Å². The van der Waals surface area contributed by atoms with Gasteiger partial charge in [0.1, 0.15) is 0 Å². The fourth-order valence-electron chi connectivity index (χ4n) is 1.82. The van der Waals surface area contributed by atoms with E-state index in [4.69, 9.17) is 4.74 Å². The summed E-state index contributed by atoms with van der Waals surface area (Å²) in [6.07, 6.45) is 1.52. The Bertz CT molecular complexity index is 672. The van der Waals surface area contributed by atoms with Crippen LogP contribution in [0.3, 0.4) is 0 Å². The summed E-state index contributed by atoms with van der Waals surface area (Å²) >= 11 is 0. The van der Waals surface area contributed by atoms with Crippen LogP contribution in [0.4, 0.5) is 11.6 Å². The highest BCUT2D eigenvalue weighted by atomic mass is 16.5. The monoisotopic (exact) mass is 287 g/mol. The molecular weight excluding hydrogens is 270 g/mol.